The average molecular weight is 331 g/mol. The summed E-state index contributed by atoms with van der Waals surface area (Å²) in [6, 6.07) is 2.56. The highest BCUT2D eigenvalue weighted by atomic mass is 16.2. The third-order valence-corrected chi connectivity index (χ3v) is 5.88. The van der Waals surface area contributed by atoms with Crippen molar-refractivity contribution in [3.05, 3.63) is 29.1 Å². The van der Waals surface area contributed by atoms with Crippen LogP contribution in [-0.2, 0) is 5.41 Å². The summed E-state index contributed by atoms with van der Waals surface area (Å²) in [6.07, 6.45) is 8.51. The number of pyridine rings is 1. The first-order valence-electron chi connectivity index (χ1n) is 9.65. The highest BCUT2D eigenvalue weighted by molar-refractivity contribution is 5.94. The van der Waals surface area contributed by atoms with Gasteiger partial charge in [0.05, 0.1) is 5.56 Å². The van der Waals surface area contributed by atoms with Crippen molar-refractivity contribution < 1.29 is 4.79 Å². The van der Waals surface area contributed by atoms with Gasteiger partial charge in [-0.25, -0.2) is 0 Å². The van der Waals surface area contributed by atoms with Gasteiger partial charge in [-0.05, 0) is 49.7 Å². The topological polar surface area (TPSA) is 33.2 Å². The lowest BCUT2D eigenvalue weighted by molar-refractivity contribution is 0.0784. The summed E-state index contributed by atoms with van der Waals surface area (Å²) in [4.78, 5) is 19.5. The molecule has 2 unspecified atom stereocenters. The second-order valence-electron chi connectivity index (χ2n) is 7.78. The summed E-state index contributed by atoms with van der Waals surface area (Å²) >= 11 is 0. The Labute approximate surface area is 147 Å². The van der Waals surface area contributed by atoms with Gasteiger partial charge < -0.3 is 4.90 Å². The molecule has 0 bridgehead atoms. The van der Waals surface area contributed by atoms with Crippen LogP contribution >= 0.6 is 0 Å². The zero-order chi connectivity index (χ0) is 17.9. The van der Waals surface area contributed by atoms with E-state index in [9.17, 15) is 4.79 Å². The van der Waals surface area contributed by atoms with Gasteiger partial charge >= 0.3 is 0 Å². The zero-order valence-electron chi connectivity index (χ0n) is 16.4. The molecule has 1 aromatic heterocycles. The van der Waals surface area contributed by atoms with Gasteiger partial charge in [-0.2, -0.15) is 0 Å². The van der Waals surface area contributed by atoms with E-state index >= 15 is 0 Å². The second-order valence-corrected chi connectivity index (χ2v) is 7.78. The molecule has 0 spiro atoms. The lowest BCUT2D eigenvalue weighted by Crippen LogP contribution is -2.30. The molecule has 0 aromatic carbocycles. The van der Waals surface area contributed by atoms with E-state index in [2.05, 4.69) is 40.7 Å². The SMILES string of the molecule is CCCC(C)(CC)c1ncc(C(=O)N(C)C2CC2)cc1C(C)CC. The van der Waals surface area contributed by atoms with Gasteiger partial charge in [0.25, 0.3) is 5.91 Å². The van der Waals surface area contributed by atoms with Crippen molar-refractivity contribution in [1.29, 1.82) is 0 Å². The standard InChI is InChI=1S/C21H34N2O/c1-7-12-21(5,9-3)19-18(15(4)8-2)13-16(14-22-19)20(24)23(6)17-10-11-17/h13-15,17H,7-12H2,1-6H3. The third kappa shape index (κ3) is 3.81. The number of hydrogen-bond donors (Lipinski definition) is 0. The Kier molecular flexibility index (Phi) is 6.06. The van der Waals surface area contributed by atoms with E-state index in [0.29, 0.717) is 12.0 Å². The molecule has 0 radical (unpaired) electrons. The smallest absolute Gasteiger partial charge is 0.255 e. The highest BCUT2D eigenvalue weighted by Crippen LogP contribution is 2.37. The van der Waals surface area contributed by atoms with E-state index in [1.54, 1.807) is 0 Å². The maximum Gasteiger partial charge on any atom is 0.255 e. The van der Waals surface area contributed by atoms with Crippen molar-refractivity contribution in [2.45, 2.75) is 90.5 Å². The van der Waals surface area contributed by atoms with Gasteiger partial charge in [-0.15, -0.1) is 0 Å². The van der Waals surface area contributed by atoms with Crippen LogP contribution in [0, 0.1) is 0 Å². The maximum absolute atomic E-state index is 12.7. The fourth-order valence-electron chi connectivity index (χ4n) is 3.54. The molecule has 24 heavy (non-hydrogen) atoms. The van der Waals surface area contributed by atoms with E-state index in [4.69, 9.17) is 4.98 Å². The predicted molar refractivity (Wildman–Crippen MR) is 101 cm³/mol. The van der Waals surface area contributed by atoms with Crippen LogP contribution in [0.15, 0.2) is 12.3 Å². The van der Waals surface area contributed by atoms with Crippen LogP contribution in [0.5, 0.6) is 0 Å². The van der Waals surface area contributed by atoms with E-state index in [1.165, 1.54) is 11.3 Å². The first kappa shape index (κ1) is 19.0. The van der Waals surface area contributed by atoms with Crippen LogP contribution in [0.25, 0.3) is 0 Å². The quantitative estimate of drug-likeness (QED) is 0.648. The molecular formula is C21H34N2O. The molecule has 0 saturated heterocycles. The monoisotopic (exact) mass is 330 g/mol. The average Bonchev–Trinajstić information content (AvgIpc) is 3.44. The minimum atomic E-state index is 0.0947. The van der Waals surface area contributed by atoms with Crippen LogP contribution in [0.3, 0.4) is 0 Å². The fourth-order valence-corrected chi connectivity index (χ4v) is 3.54. The number of carbonyl (C=O) groups excluding carboxylic acids is 1. The van der Waals surface area contributed by atoms with E-state index in [0.717, 1.165) is 44.1 Å². The van der Waals surface area contributed by atoms with Gasteiger partial charge in [0.1, 0.15) is 0 Å². The van der Waals surface area contributed by atoms with Crippen molar-refractivity contribution >= 4 is 5.91 Å². The maximum atomic E-state index is 12.7. The Morgan fingerprint density at radius 1 is 1.38 bits per heavy atom. The first-order chi connectivity index (χ1) is 11.4. The van der Waals surface area contributed by atoms with Crippen molar-refractivity contribution in [2.24, 2.45) is 0 Å². The molecule has 1 fully saturated rings. The van der Waals surface area contributed by atoms with Gasteiger partial charge in [-0.3, -0.25) is 9.78 Å². The van der Waals surface area contributed by atoms with Crippen molar-refractivity contribution in [1.82, 2.24) is 9.88 Å². The number of hydrogen-bond acceptors (Lipinski definition) is 2. The van der Waals surface area contributed by atoms with Crippen LogP contribution in [0.4, 0.5) is 0 Å². The van der Waals surface area contributed by atoms with Crippen molar-refractivity contribution in [3.8, 4) is 0 Å². The third-order valence-electron chi connectivity index (χ3n) is 5.88. The summed E-state index contributed by atoms with van der Waals surface area (Å²) in [5.41, 5.74) is 3.31. The molecule has 1 aliphatic carbocycles. The van der Waals surface area contributed by atoms with E-state index < -0.39 is 0 Å². The van der Waals surface area contributed by atoms with E-state index in [-0.39, 0.29) is 11.3 Å². The summed E-state index contributed by atoms with van der Waals surface area (Å²) < 4.78 is 0. The minimum Gasteiger partial charge on any atom is -0.339 e. The molecule has 1 heterocycles. The molecule has 0 aliphatic heterocycles. The number of aromatic nitrogens is 1. The van der Waals surface area contributed by atoms with Crippen molar-refractivity contribution in [2.75, 3.05) is 7.05 Å². The predicted octanol–water partition coefficient (Wildman–Crippen LogP) is 5.30. The lowest BCUT2D eigenvalue weighted by Gasteiger charge is -2.31. The Morgan fingerprint density at radius 2 is 2.04 bits per heavy atom. The summed E-state index contributed by atoms with van der Waals surface area (Å²) in [5, 5.41) is 0. The molecule has 3 nitrogen and oxygen atoms in total. The Hall–Kier alpha value is -1.38. The van der Waals surface area contributed by atoms with Crippen molar-refractivity contribution in [3.63, 3.8) is 0 Å². The van der Waals surface area contributed by atoms with E-state index in [1.807, 2.05) is 18.1 Å². The van der Waals surface area contributed by atoms with Crippen LogP contribution in [-0.4, -0.2) is 28.9 Å². The molecule has 134 valence electrons. The number of rotatable bonds is 8. The van der Waals surface area contributed by atoms with Gasteiger partial charge in [0.2, 0.25) is 0 Å². The number of nitrogens with zero attached hydrogens (tertiary/aromatic N) is 2. The highest BCUT2D eigenvalue weighted by Gasteiger charge is 2.33. The molecule has 2 rings (SSSR count). The molecule has 0 N–H and O–H groups in total. The van der Waals surface area contributed by atoms with Crippen LogP contribution in [0.2, 0.25) is 0 Å². The minimum absolute atomic E-state index is 0.0947. The molecule has 1 aromatic rings. The molecule has 1 amide bonds. The van der Waals surface area contributed by atoms with Crippen LogP contribution < -0.4 is 0 Å². The summed E-state index contributed by atoms with van der Waals surface area (Å²) in [6.45, 7) is 11.3. The Morgan fingerprint density at radius 3 is 2.54 bits per heavy atom. The van der Waals surface area contributed by atoms with Gasteiger partial charge in [0.15, 0.2) is 0 Å². The van der Waals surface area contributed by atoms with Gasteiger partial charge in [0, 0.05) is 30.4 Å². The molecule has 2 atom stereocenters. The Balaban J connectivity index is 2.43. The number of carbonyl (C=O) groups is 1. The normalized spacial score (nSPS) is 18.1. The first-order valence-corrected chi connectivity index (χ1v) is 9.65. The molecule has 1 aliphatic rings. The molecular weight excluding hydrogens is 296 g/mol. The Bertz CT molecular complexity index is 579. The second kappa shape index (κ2) is 7.67. The largest absolute Gasteiger partial charge is 0.339 e. The lowest BCUT2D eigenvalue weighted by atomic mass is 9.75. The summed E-state index contributed by atoms with van der Waals surface area (Å²) in [7, 11) is 1.92. The molecule has 1 saturated carbocycles. The van der Waals surface area contributed by atoms with Gasteiger partial charge in [-0.1, -0.05) is 41.0 Å². The fraction of sp³-hybridized carbons (Fsp3) is 0.714. The molecule has 3 heteroatoms. The van der Waals surface area contributed by atoms with Crippen LogP contribution in [0.1, 0.15) is 101 Å². The number of amides is 1. The zero-order valence-corrected chi connectivity index (χ0v) is 16.4. The summed E-state index contributed by atoms with van der Waals surface area (Å²) in [5.74, 6) is 0.545.